The Balaban J connectivity index is 2.76. The van der Waals surface area contributed by atoms with Crippen molar-refractivity contribution in [1.29, 1.82) is 0 Å². The second-order valence-corrected chi connectivity index (χ2v) is 4.57. The summed E-state index contributed by atoms with van der Waals surface area (Å²) in [4.78, 5) is 8.67. The summed E-state index contributed by atoms with van der Waals surface area (Å²) in [6, 6.07) is 1.83. The summed E-state index contributed by atoms with van der Waals surface area (Å²) in [6.45, 7) is 8.24. The van der Waals surface area contributed by atoms with E-state index in [4.69, 9.17) is 9.47 Å². The summed E-state index contributed by atoms with van der Waals surface area (Å²) in [5, 5.41) is 3.23. The summed E-state index contributed by atoms with van der Waals surface area (Å²) >= 11 is 0. The van der Waals surface area contributed by atoms with Crippen molar-refractivity contribution in [1.82, 2.24) is 9.97 Å². The number of aromatic nitrogens is 2. The van der Waals surface area contributed by atoms with Gasteiger partial charge in [-0.15, -0.1) is 0 Å². The van der Waals surface area contributed by atoms with Crippen molar-refractivity contribution in [2.75, 3.05) is 25.6 Å². The van der Waals surface area contributed by atoms with E-state index in [0.29, 0.717) is 30.8 Å². The first-order chi connectivity index (χ1) is 8.65. The molecule has 0 spiro atoms. The fourth-order valence-electron chi connectivity index (χ4n) is 1.34. The maximum Gasteiger partial charge on any atom is 0.218 e. The number of hydrogen-bond donors (Lipinski definition) is 1. The molecule has 0 amide bonds. The minimum atomic E-state index is 0.389. The van der Waals surface area contributed by atoms with E-state index in [9.17, 15) is 0 Å². The highest BCUT2D eigenvalue weighted by Crippen LogP contribution is 2.15. The van der Waals surface area contributed by atoms with E-state index in [1.165, 1.54) is 0 Å². The number of methoxy groups -OCH3 is 1. The van der Waals surface area contributed by atoms with E-state index in [2.05, 4.69) is 36.1 Å². The third kappa shape index (κ3) is 5.31. The van der Waals surface area contributed by atoms with Crippen LogP contribution >= 0.6 is 0 Å². The van der Waals surface area contributed by atoms with Gasteiger partial charge in [-0.1, -0.05) is 20.8 Å². The average molecular weight is 253 g/mol. The normalized spacial score (nSPS) is 10.7. The lowest BCUT2D eigenvalue weighted by molar-refractivity contribution is 0.175. The first-order valence-corrected chi connectivity index (χ1v) is 6.39. The zero-order valence-electron chi connectivity index (χ0n) is 11.7. The number of nitrogens with one attached hydrogen (secondary N) is 1. The molecule has 0 aliphatic rings. The SMILES string of the molecule is CCCNc1cc(OCC(C)C)nc(COC)n1. The van der Waals surface area contributed by atoms with Crippen LogP contribution in [-0.4, -0.2) is 30.2 Å². The van der Waals surface area contributed by atoms with Crippen molar-refractivity contribution in [2.24, 2.45) is 5.92 Å². The topological polar surface area (TPSA) is 56.3 Å². The van der Waals surface area contributed by atoms with Crippen LogP contribution in [0.4, 0.5) is 5.82 Å². The van der Waals surface area contributed by atoms with Crippen LogP contribution in [0.2, 0.25) is 0 Å². The van der Waals surface area contributed by atoms with E-state index >= 15 is 0 Å². The largest absolute Gasteiger partial charge is 0.477 e. The van der Waals surface area contributed by atoms with Crippen molar-refractivity contribution in [3.8, 4) is 5.88 Å². The van der Waals surface area contributed by atoms with Crippen molar-refractivity contribution >= 4 is 5.82 Å². The maximum absolute atomic E-state index is 5.63. The minimum absolute atomic E-state index is 0.389. The summed E-state index contributed by atoms with van der Waals surface area (Å²) in [5.74, 6) is 2.50. The average Bonchev–Trinajstić information content (AvgIpc) is 2.34. The van der Waals surface area contributed by atoms with E-state index in [1.807, 2.05) is 6.07 Å². The van der Waals surface area contributed by atoms with Crippen LogP contribution < -0.4 is 10.1 Å². The van der Waals surface area contributed by atoms with Gasteiger partial charge in [0.1, 0.15) is 12.4 Å². The van der Waals surface area contributed by atoms with Crippen LogP contribution in [0, 0.1) is 5.92 Å². The molecule has 1 heterocycles. The van der Waals surface area contributed by atoms with Gasteiger partial charge in [0, 0.05) is 19.7 Å². The van der Waals surface area contributed by atoms with Crippen LogP contribution in [0.1, 0.15) is 33.0 Å². The van der Waals surface area contributed by atoms with Gasteiger partial charge in [-0.3, -0.25) is 0 Å². The van der Waals surface area contributed by atoms with Crippen molar-refractivity contribution in [3.05, 3.63) is 11.9 Å². The smallest absolute Gasteiger partial charge is 0.218 e. The highest BCUT2D eigenvalue weighted by Gasteiger charge is 2.06. The Morgan fingerprint density at radius 2 is 2.11 bits per heavy atom. The van der Waals surface area contributed by atoms with Crippen LogP contribution in [0.5, 0.6) is 5.88 Å². The fourth-order valence-corrected chi connectivity index (χ4v) is 1.34. The minimum Gasteiger partial charge on any atom is -0.477 e. The van der Waals surface area contributed by atoms with Gasteiger partial charge in [-0.25, -0.2) is 4.98 Å². The Morgan fingerprint density at radius 1 is 1.33 bits per heavy atom. The van der Waals surface area contributed by atoms with Crippen LogP contribution in [0.15, 0.2) is 6.07 Å². The standard InChI is InChI=1S/C13H23N3O2/c1-5-6-14-11-7-13(18-8-10(2)3)16-12(15-11)9-17-4/h7,10H,5-6,8-9H2,1-4H3,(H,14,15,16). The predicted molar refractivity (Wildman–Crippen MR) is 71.9 cm³/mol. The molecule has 0 aromatic carbocycles. The molecule has 1 rings (SSSR count). The lowest BCUT2D eigenvalue weighted by Crippen LogP contribution is -2.10. The van der Waals surface area contributed by atoms with Crippen LogP contribution in [-0.2, 0) is 11.3 Å². The monoisotopic (exact) mass is 253 g/mol. The number of nitrogens with zero attached hydrogens (tertiary/aromatic N) is 2. The van der Waals surface area contributed by atoms with E-state index in [0.717, 1.165) is 18.8 Å². The van der Waals surface area contributed by atoms with Gasteiger partial charge in [-0.05, 0) is 12.3 Å². The molecule has 18 heavy (non-hydrogen) atoms. The Hall–Kier alpha value is -1.36. The Kier molecular flexibility index (Phi) is 6.43. The molecule has 0 saturated heterocycles. The number of anilines is 1. The second kappa shape index (κ2) is 7.87. The third-order valence-corrected chi connectivity index (χ3v) is 2.14. The van der Waals surface area contributed by atoms with Crippen molar-refractivity contribution < 1.29 is 9.47 Å². The second-order valence-electron chi connectivity index (χ2n) is 4.57. The predicted octanol–water partition coefficient (Wildman–Crippen LogP) is 2.48. The molecular formula is C13H23N3O2. The lowest BCUT2D eigenvalue weighted by atomic mass is 10.2. The molecule has 0 saturated carbocycles. The molecule has 1 N–H and O–H groups in total. The van der Waals surface area contributed by atoms with Crippen molar-refractivity contribution in [3.63, 3.8) is 0 Å². The summed E-state index contributed by atoms with van der Waals surface area (Å²) in [6.07, 6.45) is 1.05. The van der Waals surface area contributed by atoms with E-state index in [-0.39, 0.29) is 0 Å². The van der Waals surface area contributed by atoms with Gasteiger partial charge in [-0.2, -0.15) is 4.98 Å². The Morgan fingerprint density at radius 3 is 2.72 bits per heavy atom. The number of ether oxygens (including phenoxy) is 2. The molecule has 0 aliphatic heterocycles. The van der Waals surface area contributed by atoms with Crippen LogP contribution in [0.25, 0.3) is 0 Å². The molecule has 0 aliphatic carbocycles. The van der Waals surface area contributed by atoms with Crippen LogP contribution in [0.3, 0.4) is 0 Å². The van der Waals surface area contributed by atoms with Gasteiger partial charge in [0.05, 0.1) is 6.61 Å². The lowest BCUT2D eigenvalue weighted by Gasteiger charge is -2.11. The molecule has 0 unspecified atom stereocenters. The highest BCUT2D eigenvalue weighted by molar-refractivity contribution is 5.38. The van der Waals surface area contributed by atoms with Gasteiger partial charge in [0.25, 0.3) is 0 Å². The molecule has 5 heteroatoms. The molecule has 1 aromatic heterocycles. The van der Waals surface area contributed by atoms with E-state index < -0.39 is 0 Å². The highest BCUT2D eigenvalue weighted by atomic mass is 16.5. The summed E-state index contributed by atoms with van der Waals surface area (Å²) in [7, 11) is 1.63. The Labute approximate surface area is 109 Å². The van der Waals surface area contributed by atoms with Gasteiger partial charge in [0.15, 0.2) is 5.82 Å². The zero-order chi connectivity index (χ0) is 13.4. The van der Waals surface area contributed by atoms with Gasteiger partial charge >= 0.3 is 0 Å². The maximum atomic E-state index is 5.63. The summed E-state index contributed by atoms with van der Waals surface area (Å²) < 4.78 is 10.7. The molecule has 102 valence electrons. The van der Waals surface area contributed by atoms with Crippen molar-refractivity contribution in [2.45, 2.75) is 33.8 Å². The fraction of sp³-hybridized carbons (Fsp3) is 0.692. The first-order valence-electron chi connectivity index (χ1n) is 6.39. The quantitative estimate of drug-likeness (QED) is 0.771. The molecule has 0 radical (unpaired) electrons. The van der Waals surface area contributed by atoms with E-state index in [1.54, 1.807) is 7.11 Å². The molecule has 0 bridgehead atoms. The first kappa shape index (κ1) is 14.7. The molecule has 0 atom stereocenters. The zero-order valence-corrected chi connectivity index (χ0v) is 11.7. The number of hydrogen-bond acceptors (Lipinski definition) is 5. The molecule has 1 aromatic rings. The van der Waals surface area contributed by atoms with Gasteiger partial charge < -0.3 is 14.8 Å². The molecule has 5 nitrogen and oxygen atoms in total. The third-order valence-electron chi connectivity index (χ3n) is 2.14. The molecular weight excluding hydrogens is 230 g/mol. The van der Waals surface area contributed by atoms with Gasteiger partial charge in [0.2, 0.25) is 5.88 Å². The number of rotatable bonds is 8. The molecule has 0 fully saturated rings. The summed E-state index contributed by atoms with van der Waals surface area (Å²) in [5.41, 5.74) is 0. The Bertz CT molecular complexity index is 356.